The molecule has 0 radical (unpaired) electrons. The molecule has 1 aliphatic heterocycles. The fourth-order valence-electron chi connectivity index (χ4n) is 3.54. The Morgan fingerprint density at radius 1 is 1.16 bits per heavy atom. The van der Waals surface area contributed by atoms with Crippen molar-refractivity contribution in [3.63, 3.8) is 0 Å². The number of hydrogen-bond donors (Lipinski definition) is 3. The van der Waals surface area contributed by atoms with Crippen LogP contribution in [0, 0.1) is 0 Å². The van der Waals surface area contributed by atoms with Gasteiger partial charge < -0.3 is 20.8 Å². The molecule has 2 amide bonds. The van der Waals surface area contributed by atoms with Crippen molar-refractivity contribution in [2.75, 3.05) is 19.4 Å². The van der Waals surface area contributed by atoms with E-state index in [4.69, 9.17) is 4.84 Å². The maximum Gasteiger partial charge on any atom is 0.267 e. The first kappa shape index (κ1) is 21.1. The molecule has 1 atom stereocenters. The average Bonchev–Trinajstić information content (AvgIpc) is 3.44. The Kier molecular flexibility index (Phi) is 5.62. The monoisotopic (exact) mass is 438 g/mol. The third-order valence-electron chi connectivity index (χ3n) is 5.17. The summed E-state index contributed by atoms with van der Waals surface area (Å²) < 4.78 is 1.76. The van der Waals surface area contributed by atoms with Gasteiger partial charge >= 0.3 is 0 Å². The summed E-state index contributed by atoms with van der Waals surface area (Å²) in [4.78, 5) is 39.0. The van der Waals surface area contributed by atoms with Crippen LogP contribution < -0.4 is 16.0 Å². The van der Waals surface area contributed by atoms with Gasteiger partial charge in [0.15, 0.2) is 11.5 Å². The van der Waals surface area contributed by atoms with E-state index in [1.807, 2.05) is 6.92 Å². The molecule has 3 N–H and O–H groups in total. The molecule has 13 nitrogen and oxygen atoms in total. The van der Waals surface area contributed by atoms with E-state index in [9.17, 15) is 9.59 Å². The first-order valence-electron chi connectivity index (χ1n) is 9.93. The maximum atomic E-state index is 12.6. The van der Waals surface area contributed by atoms with Crippen molar-refractivity contribution >= 4 is 40.1 Å². The third-order valence-corrected chi connectivity index (χ3v) is 5.17. The number of hydrogen-bond acceptors (Lipinski definition) is 10. The van der Waals surface area contributed by atoms with E-state index in [2.05, 4.69) is 46.4 Å². The van der Waals surface area contributed by atoms with Crippen molar-refractivity contribution in [1.82, 2.24) is 40.6 Å². The quantitative estimate of drug-likeness (QED) is 0.465. The summed E-state index contributed by atoms with van der Waals surface area (Å²) in [6.45, 7) is 2.61. The molecule has 3 aromatic rings. The SMILES string of the molecule is CCn1ncc2c(Nc3cnncn3)c(C3=NOC(CC(=O)NC)(C(=O)NC)C3)cnc21. The molecule has 4 rings (SSSR count). The summed E-state index contributed by atoms with van der Waals surface area (Å²) in [5.41, 5.74) is 0.893. The summed E-state index contributed by atoms with van der Waals surface area (Å²) in [5.74, 6) is -0.323. The lowest BCUT2D eigenvalue weighted by Gasteiger charge is -2.23. The van der Waals surface area contributed by atoms with Gasteiger partial charge in [0.1, 0.15) is 6.33 Å². The highest BCUT2D eigenvalue weighted by Gasteiger charge is 2.48. The molecule has 166 valence electrons. The van der Waals surface area contributed by atoms with Crippen LogP contribution in [-0.4, -0.2) is 67.2 Å². The molecule has 0 aromatic carbocycles. The standard InChI is InChI=1S/C19H22N10O3/c1-4-29-17-12(8-26-29)16(27-14-9-24-25-10-23-14)11(7-22-17)13-5-19(32-28-13,18(31)21-3)6-15(30)20-2/h7-10H,4-6H2,1-3H3,(H,20,30)(H,21,31)(H,22,23,25,27). The normalized spacial score (nSPS) is 17.5. The van der Waals surface area contributed by atoms with Gasteiger partial charge in [-0.2, -0.15) is 10.2 Å². The zero-order valence-electron chi connectivity index (χ0n) is 17.8. The summed E-state index contributed by atoms with van der Waals surface area (Å²) in [5, 5.41) is 25.1. The lowest BCUT2D eigenvalue weighted by Crippen LogP contribution is -2.48. The smallest absolute Gasteiger partial charge is 0.267 e. The number of aryl methyl sites for hydroxylation is 1. The molecule has 13 heteroatoms. The summed E-state index contributed by atoms with van der Waals surface area (Å²) >= 11 is 0. The highest BCUT2D eigenvalue weighted by Crippen LogP contribution is 2.35. The Labute approximate surface area is 182 Å². The van der Waals surface area contributed by atoms with E-state index in [-0.39, 0.29) is 18.7 Å². The second-order valence-corrected chi connectivity index (χ2v) is 7.09. The van der Waals surface area contributed by atoms with Crippen LogP contribution in [0.1, 0.15) is 25.3 Å². The Balaban J connectivity index is 1.77. The van der Waals surface area contributed by atoms with Crippen molar-refractivity contribution in [2.45, 2.75) is 31.9 Å². The van der Waals surface area contributed by atoms with E-state index < -0.39 is 11.5 Å². The fraction of sp³-hybridized carbons (Fsp3) is 0.368. The number of anilines is 2. The number of pyridine rings is 1. The van der Waals surface area contributed by atoms with E-state index in [1.165, 1.54) is 26.6 Å². The van der Waals surface area contributed by atoms with Crippen molar-refractivity contribution in [1.29, 1.82) is 0 Å². The van der Waals surface area contributed by atoms with Gasteiger partial charge in [-0.05, 0) is 6.92 Å². The van der Waals surface area contributed by atoms with Gasteiger partial charge in [-0.1, -0.05) is 5.16 Å². The zero-order chi connectivity index (χ0) is 22.7. The predicted octanol–water partition coefficient (Wildman–Crippen LogP) is 0.125. The van der Waals surface area contributed by atoms with Gasteiger partial charge in [0.25, 0.3) is 5.91 Å². The second kappa shape index (κ2) is 8.53. The van der Waals surface area contributed by atoms with Crippen LogP contribution in [-0.2, 0) is 21.0 Å². The number of rotatable bonds is 7. The number of likely N-dealkylation sites (N-methyl/N-ethyl adjacent to an activating group) is 1. The predicted molar refractivity (Wildman–Crippen MR) is 114 cm³/mol. The van der Waals surface area contributed by atoms with E-state index in [1.54, 1.807) is 17.1 Å². The Bertz CT molecular complexity index is 1190. The zero-order valence-corrected chi connectivity index (χ0v) is 17.8. The number of nitrogens with zero attached hydrogens (tertiary/aromatic N) is 7. The first-order valence-corrected chi connectivity index (χ1v) is 9.93. The van der Waals surface area contributed by atoms with Crippen LogP contribution in [0.15, 0.2) is 30.1 Å². The number of amides is 2. The summed E-state index contributed by atoms with van der Waals surface area (Å²) in [6.07, 6.45) is 6.03. The number of carbonyl (C=O) groups is 2. The van der Waals surface area contributed by atoms with Gasteiger partial charge in [0, 0.05) is 38.8 Å². The third kappa shape index (κ3) is 3.68. The second-order valence-electron chi connectivity index (χ2n) is 7.09. The summed E-state index contributed by atoms with van der Waals surface area (Å²) in [6, 6.07) is 0. The molecule has 0 aliphatic carbocycles. The van der Waals surface area contributed by atoms with E-state index in [0.29, 0.717) is 35.0 Å². The minimum absolute atomic E-state index is 0.0753. The maximum absolute atomic E-state index is 12.6. The highest BCUT2D eigenvalue weighted by molar-refractivity contribution is 6.13. The molecule has 0 bridgehead atoms. The topological polar surface area (TPSA) is 161 Å². The van der Waals surface area contributed by atoms with E-state index >= 15 is 0 Å². The molecule has 0 saturated carbocycles. The van der Waals surface area contributed by atoms with Crippen molar-refractivity contribution in [3.05, 3.63) is 30.5 Å². The Morgan fingerprint density at radius 3 is 2.69 bits per heavy atom. The van der Waals surface area contributed by atoms with Gasteiger partial charge in [-0.3, -0.25) is 9.59 Å². The van der Waals surface area contributed by atoms with Crippen LogP contribution in [0.3, 0.4) is 0 Å². The molecule has 3 aromatic heterocycles. The number of fused-ring (bicyclic) bond motifs is 1. The van der Waals surface area contributed by atoms with Crippen LogP contribution in [0.25, 0.3) is 11.0 Å². The molecular weight excluding hydrogens is 416 g/mol. The number of aromatic nitrogens is 6. The van der Waals surface area contributed by atoms with Gasteiger partial charge in [0.2, 0.25) is 11.5 Å². The van der Waals surface area contributed by atoms with Gasteiger partial charge in [0.05, 0.1) is 35.6 Å². The van der Waals surface area contributed by atoms with Crippen LogP contribution in [0.2, 0.25) is 0 Å². The fourth-order valence-corrected chi connectivity index (χ4v) is 3.54. The molecule has 0 saturated heterocycles. The average molecular weight is 438 g/mol. The number of carbonyl (C=O) groups excluding carboxylic acids is 2. The molecule has 4 heterocycles. The Morgan fingerprint density at radius 2 is 2.00 bits per heavy atom. The summed E-state index contributed by atoms with van der Waals surface area (Å²) in [7, 11) is 2.98. The minimum Gasteiger partial charge on any atom is -0.378 e. The number of nitrogens with one attached hydrogen (secondary N) is 3. The molecule has 1 aliphatic rings. The van der Waals surface area contributed by atoms with Gasteiger partial charge in [-0.15, -0.1) is 5.10 Å². The van der Waals surface area contributed by atoms with Crippen molar-refractivity contribution in [2.24, 2.45) is 5.16 Å². The molecule has 1 unspecified atom stereocenters. The van der Waals surface area contributed by atoms with Crippen molar-refractivity contribution in [3.8, 4) is 0 Å². The number of oxime groups is 1. The van der Waals surface area contributed by atoms with Gasteiger partial charge in [-0.25, -0.2) is 14.6 Å². The van der Waals surface area contributed by atoms with Crippen molar-refractivity contribution < 1.29 is 14.4 Å². The van der Waals surface area contributed by atoms with Crippen LogP contribution >= 0.6 is 0 Å². The molecule has 0 spiro atoms. The van der Waals surface area contributed by atoms with Crippen LogP contribution in [0.4, 0.5) is 11.5 Å². The highest BCUT2D eigenvalue weighted by atomic mass is 16.7. The molecule has 0 fully saturated rings. The van der Waals surface area contributed by atoms with E-state index in [0.717, 1.165) is 5.39 Å². The molecule has 32 heavy (non-hydrogen) atoms. The minimum atomic E-state index is -1.46. The lowest BCUT2D eigenvalue weighted by atomic mass is 9.89. The van der Waals surface area contributed by atoms with Crippen LogP contribution in [0.5, 0.6) is 0 Å². The largest absolute Gasteiger partial charge is 0.378 e. The lowest BCUT2D eigenvalue weighted by molar-refractivity contribution is -0.149. The first-order chi connectivity index (χ1) is 15.5. The molecular formula is C19H22N10O3. The Hall–Kier alpha value is -4.16.